The first kappa shape index (κ1) is 23.7. The SMILES string of the molecule is CCOC(=O)c1ccc(NC(=O)c2oc3c(c2C)/C(=N/Nc2ccc([N+](=O)[O-])cc2)CCC3)cc1. The molecule has 2 N–H and O–H groups in total. The number of anilines is 2. The number of amides is 1. The van der Waals surface area contributed by atoms with E-state index in [1.54, 1.807) is 43.3 Å². The summed E-state index contributed by atoms with van der Waals surface area (Å²) in [5, 5.41) is 18.1. The number of hydrogen-bond donors (Lipinski definition) is 2. The van der Waals surface area contributed by atoms with Gasteiger partial charge in [-0.1, -0.05) is 0 Å². The van der Waals surface area contributed by atoms with Crippen molar-refractivity contribution in [3.63, 3.8) is 0 Å². The molecule has 1 amide bonds. The van der Waals surface area contributed by atoms with Gasteiger partial charge in [0.15, 0.2) is 5.76 Å². The molecule has 0 saturated heterocycles. The van der Waals surface area contributed by atoms with Crippen molar-refractivity contribution in [2.75, 3.05) is 17.3 Å². The Morgan fingerprint density at radius 3 is 2.43 bits per heavy atom. The van der Waals surface area contributed by atoms with Crippen molar-refractivity contribution in [1.82, 2.24) is 0 Å². The molecule has 35 heavy (non-hydrogen) atoms. The van der Waals surface area contributed by atoms with E-state index in [1.807, 2.05) is 6.92 Å². The van der Waals surface area contributed by atoms with Crippen LogP contribution >= 0.6 is 0 Å². The Labute approximate surface area is 201 Å². The van der Waals surface area contributed by atoms with Gasteiger partial charge < -0.3 is 14.5 Å². The monoisotopic (exact) mass is 476 g/mol. The highest BCUT2D eigenvalue weighted by molar-refractivity contribution is 6.09. The number of ether oxygens (including phenoxy) is 1. The van der Waals surface area contributed by atoms with Crippen LogP contribution in [0.4, 0.5) is 17.1 Å². The highest BCUT2D eigenvalue weighted by atomic mass is 16.6. The molecule has 3 aromatic rings. The molecule has 2 aromatic carbocycles. The predicted octanol–water partition coefficient (Wildman–Crippen LogP) is 5.08. The van der Waals surface area contributed by atoms with Crippen molar-refractivity contribution in [2.45, 2.75) is 33.1 Å². The van der Waals surface area contributed by atoms with Crippen molar-refractivity contribution >= 4 is 34.7 Å². The summed E-state index contributed by atoms with van der Waals surface area (Å²) in [5.74, 6) is 0.0766. The highest BCUT2D eigenvalue weighted by Crippen LogP contribution is 2.30. The Hall–Kier alpha value is -4.47. The molecule has 0 saturated carbocycles. The summed E-state index contributed by atoms with van der Waals surface area (Å²) in [6, 6.07) is 12.4. The molecule has 1 aliphatic rings. The van der Waals surface area contributed by atoms with E-state index in [0.29, 0.717) is 41.1 Å². The average Bonchev–Trinajstić information content (AvgIpc) is 3.20. The lowest BCUT2D eigenvalue weighted by atomic mass is 9.93. The number of non-ortho nitro benzene ring substituents is 1. The zero-order chi connectivity index (χ0) is 24.9. The zero-order valence-electron chi connectivity index (χ0n) is 19.3. The summed E-state index contributed by atoms with van der Waals surface area (Å²) in [5.41, 5.74) is 6.70. The molecule has 10 heteroatoms. The second-order valence-electron chi connectivity index (χ2n) is 7.93. The van der Waals surface area contributed by atoms with Crippen LogP contribution in [0, 0.1) is 17.0 Å². The van der Waals surface area contributed by atoms with Crippen molar-refractivity contribution < 1.29 is 23.7 Å². The molecule has 1 aromatic heterocycles. The average molecular weight is 476 g/mol. The van der Waals surface area contributed by atoms with Gasteiger partial charge in [0.25, 0.3) is 11.6 Å². The van der Waals surface area contributed by atoms with E-state index in [1.165, 1.54) is 12.1 Å². The molecule has 180 valence electrons. The predicted molar refractivity (Wildman–Crippen MR) is 130 cm³/mol. The van der Waals surface area contributed by atoms with Gasteiger partial charge in [-0.15, -0.1) is 0 Å². The lowest BCUT2D eigenvalue weighted by molar-refractivity contribution is -0.384. The van der Waals surface area contributed by atoms with Crippen molar-refractivity contribution in [3.8, 4) is 0 Å². The fraction of sp³-hybridized carbons (Fsp3) is 0.240. The van der Waals surface area contributed by atoms with E-state index in [9.17, 15) is 19.7 Å². The molecule has 1 heterocycles. The van der Waals surface area contributed by atoms with Gasteiger partial charge in [0.2, 0.25) is 0 Å². The molecular formula is C25H24N4O6. The molecule has 0 radical (unpaired) electrons. The van der Waals surface area contributed by atoms with Crippen LogP contribution in [0.5, 0.6) is 0 Å². The van der Waals surface area contributed by atoms with Gasteiger partial charge in [0.1, 0.15) is 5.76 Å². The lowest BCUT2D eigenvalue weighted by Crippen LogP contribution is -2.14. The summed E-state index contributed by atoms with van der Waals surface area (Å²) >= 11 is 0. The van der Waals surface area contributed by atoms with E-state index in [2.05, 4.69) is 15.8 Å². The van der Waals surface area contributed by atoms with Crippen LogP contribution < -0.4 is 10.7 Å². The van der Waals surface area contributed by atoms with Crippen LogP contribution in [0.3, 0.4) is 0 Å². The van der Waals surface area contributed by atoms with Crippen LogP contribution in [-0.4, -0.2) is 29.1 Å². The van der Waals surface area contributed by atoms with Crippen LogP contribution in [0.15, 0.2) is 58.0 Å². The maximum atomic E-state index is 12.9. The van der Waals surface area contributed by atoms with Gasteiger partial charge >= 0.3 is 5.97 Å². The van der Waals surface area contributed by atoms with Gasteiger partial charge in [0.05, 0.1) is 28.5 Å². The summed E-state index contributed by atoms with van der Waals surface area (Å²) in [7, 11) is 0. The second-order valence-corrected chi connectivity index (χ2v) is 7.93. The van der Waals surface area contributed by atoms with Gasteiger partial charge in [-0.05, 0) is 63.1 Å². The molecule has 0 unspecified atom stereocenters. The Bertz CT molecular complexity index is 1290. The number of benzene rings is 2. The summed E-state index contributed by atoms with van der Waals surface area (Å²) in [4.78, 5) is 35.1. The highest BCUT2D eigenvalue weighted by Gasteiger charge is 2.28. The number of furan rings is 1. The minimum absolute atomic E-state index is 0.0000194. The first-order valence-corrected chi connectivity index (χ1v) is 11.2. The molecule has 0 aliphatic heterocycles. The van der Waals surface area contributed by atoms with Crippen molar-refractivity contribution in [3.05, 3.63) is 86.9 Å². The molecule has 1 aliphatic carbocycles. The Morgan fingerprint density at radius 2 is 1.77 bits per heavy atom. The molecule has 0 fully saturated rings. The minimum atomic E-state index is -0.459. The van der Waals surface area contributed by atoms with E-state index < -0.39 is 16.8 Å². The first-order valence-electron chi connectivity index (χ1n) is 11.2. The fourth-order valence-electron chi connectivity index (χ4n) is 3.88. The third-order valence-corrected chi connectivity index (χ3v) is 5.58. The molecule has 0 bridgehead atoms. The molecule has 10 nitrogen and oxygen atoms in total. The number of nitro benzene ring substituents is 1. The van der Waals surface area contributed by atoms with Gasteiger partial charge in [-0.25, -0.2) is 4.79 Å². The number of carbonyl (C=O) groups is 2. The van der Waals surface area contributed by atoms with Gasteiger partial charge in [-0.3, -0.25) is 20.3 Å². The third-order valence-electron chi connectivity index (χ3n) is 5.58. The summed E-state index contributed by atoms with van der Waals surface area (Å²) < 4.78 is 10.9. The first-order chi connectivity index (χ1) is 16.9. The number of nitrogens with one attached hydrogen (secondary N) is 2. The Morgan fingerprint density at radius 1 is 1.09 bits per heavy atom. The standard InChI is InChI=1S/C25H24N4O6/c1-3-34-25(31)16-7-9-17(10-8-16)26-24(30)23-15(2)22-20(5-4-6-21(22)35-23)28-27-18-11-13-19(14-12-18)29(32)33/h7-14,27H,3-6H2,1-2H3,(H,26,30)/b28-20+. The Kier molecular flexibility index (Phi) is 6.91. The Balaban J connectivity index is 1.50. The van der Waals surface area contributed by atoms with Crippen LogP contribution in [-0.2, 0) is 11.2 Å². The number of fused-ring (bicyclic) bond motifs is 1. The van der Waals surface area contributed by atoms with Crippen LogP contribution in [0.25, 0.3) is 0 Å². The largest absolute Gasteiger partial charge is 0.462 e. The minimum Gasteiger partial charge on any atom is -0.462 e. The summed E-state index contributed by atoms with van der Waals surface area (Å²) in [6.07, 6.45) is 2.20. The quantitative estimate of drug-likeness (QED) is 0.276. The fourth-order valence-corrected chi connectivity index (χ4v) is 3.88. The smallest absolute Gasteiger partial charge is 0.338 e. The number of hydrogen-bond acceptors (Lipinski definition) is 8. The third kappa shape index (κ3) is 5.21. The molecule has 0 spiro atoms. The number of nitro groups is 1. The maximum Gasteiger partial charge on any atom is 0.338 e. The zero-order valence-corrected chi connectivity index (χ0v) is 19.3. The van der Waals surface area contributed by atoms with Crippen molar-refractivity contribution in [2.24, 2.45) is 5.10 Å². The van der Waals surface area contributed by atoms with Crippen LogP contribution in [0.2, 0.25) is 0 Å². The molecule has 4 rings (SSSR count). The van der Waals surface area contributed by atoms with E-state index in [-0.39, 0.29) is 18.1 Å². The number of hydrazone groups is 1. The van der Waals surface area contributed by atoms with Crippen LogP contribution in [0.1, 0.15) is 57.6 Å². The number of aryl methyl sites for hydroxylation is 1. The summed E-state index contributed by atoms with van der Waals surface area (Å²) in [6.45, 7) is 3.84. The van der Waals surface area contributed by atoms with E-state index in [0.717, 1.165) is 17.7 Å². The van der Waals surface area contributed by atoms with E-state index in [4.69, 9.17) is 9.15 Å². The molecule has 0 atom stereocenters. The number of nitrogens with zero attached hydrogens (tertiary/aromatic N) is 2. The number of esters is 1. The van der Waals surface area contributed by atoms with Crippen molar-refractivity contribution in [1.29, 1.82) is 0 Å². The van der Waals surface area contributed by atoms with Gasteiger partial charge in [-0.2, -0.15) is 5.10 Å². The molecular weight excluding hydrogens is 452 g/mol. The second kappa shape index (κ2) is 10.2. The van der Waals surface area contributed by atoms with Gasteiger partial charge in [0, 0.05) is 35.4 Å². The normalized spacial score (nSPS) is 13.7. The number of rotatable bonds is 7. The lowest BCUT2D eigenvalue weighted by Gasteiger charge is -2.13. The van der Waals surface area contributed by atoms with E-state index >= 15 is 0 Å². The topological polar surface area (TPSA) is 136 Å². The number of carbonyl (C=O) groups excluding carboxylic acids is 2. The maximum absolute atomic E-state index is 12.9.